The number of nitrogens with zero attached hydrogens (tertiary/aromatic N) is 2. The van der Waals surface area contributed by atoms with Crippen molar-refractivity contribution >= 4 is 29.3 Å². The zero-order chi connectivity index (χ0) is 19.4. The van der Waals surface area contributed by atoms with Gasteiger partial charge in [0.2, 0.25) is 11.8 Å². The van der Waals surface area contributed by atoms with E-state index in [4.69, 9.17) is 4.74 Å². The van der Waals surface area contributed by atoms with Gasteiger partial charge in [-0.15, -0.1) is 11.8 Å². The number of ether oxygens (including phenoxy) is 1. The van der Waals surface area contributed by atoms with Gasteiger partial charge >= 0.3 is 0 Å². The molecule has 0 aromatic heterocycles. The molecular weight excluding hydrogens is 360 g/mol. The van der Waals surface area contributed by atoms with Crippen LogP contribution in [0.15, 0.2) is 53.4 Å². The molecule has 1 aliphatic rings. The lowest BCUT2D eigenvalue weighted by Crippen LogP contribution is -2.34. The van der Waals surface area contributed by atoms with Crippen LogP contribution in [0.5, 0.6) is 5.75 Å². The quantitative estimate of drug-likeness (QED) is 0.716. The van der Waals surface area contributed by atoms with Gasteiger partial charge in [0, 0.05) is 31.5 Å². The third-order valence-corrected chi connectivity index (χ3v) is 5.55. The molecule has 2 aromatic rings. The Kier molecular flexibility index (Phi) is 6.06. The van der Waals surface area contributed by atoms with Crippen LogP contribution < -0.4 is 9.64 Å². The minimum Gasteiger partial charge on any atom is -0.495 e. The molecule has 27 heavy (non-hydrogen) atoms. The molecule has 1 unspecified atom stereocenters. The number of methoxy groups -OCH3 is 1. The lowest BCUT2D eigenvalue weighted by Gasteiger charge is -2.22. The summed E-state index contributed by atoms with van der Waals surface area (Å²) in [5.41, 5.74) is 1.80. The molecule has 5 nitrogen and oxygen atoms in total. The molecule has 0 bridgehead atoms. The predicted molar refractivity (Wildman–Crippen MR) is 108 cm³/mol. The van der Waals surface area contributed by atoms with Crippen LogP contribution in [0.1, 0.15) is 12.0 Å². The topological polar surface area (TPSA) is 49.9 Å². The highest BCUT2D eigenvalue weighted by molar-refractivity contribution is 7.98. The number of benzene rings is 2. The zero-order valence-electron chi connectivity index (χ0n) is 15.8. The van der Waals surface area contributed by atoms with Crippen molar-refractivity contribution in [1.82, 2.24) is 4.90 Å². The second kappa shape index (κ2) is 8.48. The number of amides is 2. The highest BCUT2D eigenvalue weighted by Crippen LogP contribution is 2.33. The van der Waals surface area contributed by atoms with Crippen molar-refractivity contribution in [2.45, 2.75) is 17.9 Å². The van der Waals surface area contributed by atoms with E-state index < -0.39 is 0 Å². The maximum Gasteiger partial charge on any atom is 0.228 e. The first-order chi connectivity index (χ1) is 13.0. The summed E-state index contributed by atoms with van der Waals surface area (Å²) in [6.45, 7) is 0.917. The molecule has 1 aliphatic heterocycles. The Labute approximate surface area is 164 Å². The number of hydrogen-bond acceptors (Lipinski definition) is 4. The molecule has 3 rings (SSSR count). The molecule has 1 saturated heterocycles. The summed E-state index contributed by atoms with van der Waals surface area (Å²) in [6.07, 6.45) is 2.27. The second-order valence-electron chi connectivity index (χ2n) is 6.62. The number of para-hydroxylation sites is 2. The maximum absolute atomic E-state index is 12.9. The van der Waals surface area contributed by atoms with E-state index in [1.165, 1.54) is 4.90 Å². The summed E-state index contributed by atoms with van der Waals surface area (Å²) in [4.78, 5) is 29.9. The third-order valence-electron chi connectivity index (χ3n) is 4.81. The molecule has 0 N–H and O–H groups in total. The molecule has 142 valence electrons. The number of carbonyl (C=O) groups is 2. The normalized spacial score (nSPS) is 16.5. The van der Waals surface area contributed by atoms with Crippen LogP contribution in [0.2, 0.25) is 0 Å². The van der Waals surface area contributed by atoms with Crippen LogP contribution in [0.4, 0.5) is 5.69 Å². The Morgan fingerprint density at radius 1 is 1.22 bits per heavy atom. The van der Waals surface area contributed by atoms with Crippen LogP contribution in [0.25, 0.3) is 0 Å². The Balaban J connectivity index is 1.67. The summed E-state index contributed by atoms with van der Waals surface area (Å²) >= 11 is 1.69. The van der Waals surface area contributed by atoms with Gasteiger partial charge in [0.1, 0.15) is 5.75 Å². The average molecular weight is 385 g/mol. The van der Waals surface area contributed by atoms with Crippen molar-refractivity contribution in [1.29, 1.82) is 0 Å². The molecule has 1 atom stereocenters. The van der Waals surface area contributed by atoms with Crippen molar-refractivity contribution in [2.75, 3.05) is 31.9 Å². The fourth-order valence-electron chi connectivity index (χ4n) is 3.35. The van der Waals surface area contributed by atoms with Gasteiger partial charge in [-0.2, -0.15) is 0 Å². The van der Waals surface area contributed by atoms with Gasteiger partial charge in [-0.25, -0.2) is 0 Å². The van der Waals surface area contributed by atoms with E-state index in [0.29, 0.717) is 18.8 Å². The zero-order valence-corrected chi connectivity index (χ0v) is 16.7. The molecule has 2 amide bonds. The van der Waals surface area contributed by atoms with Crippen LogP contribution in [0.3, 0.4) is 0 Å². The number of hydrogen-bond donors (Lipinski definition) is 0. The highest BCUT2D eigenvalue weighted by Gasteiger charge is 2.37. The smallest absolute Gasteiger partial charge is 0.228 e. The van der Waals surface area contributed by atoms with Crippen molar-refractivity contribution in [3.8, 4) is 5.75 Å². The van der Waals surface area contributed by atoms with E-state index in [1.807, 2.05) is 42.7 Å². The minimum atomic E-state index is -0.335. The molecular formula is C21H24N2O3S. The largest absolute Gasteiger partial charge is 0.495 e. The lowest BCUT2D eigenvalue weighted by atomic mass is 10.1. The van der Waals surface area contributed by atoms with Crippen molar-refractivity contribution in [2.24, 2.45) is 5.92 Å². The summed E-state index contributed by atoms with van der Waals surface area (Å²) in [5, 5.41) is 0. The summed E-state index contributed by atoms with van der Waals surface area (Å²) in [7, 11) is 3.37. The number of carbonyl (C=O) groups excluding carboxylic acids is 2. The molecule has 1 fully saturated rings. The maximum atomic E-state index is 12.9. The first-order valence-electron chi connectivity index (χ1n) is 8.84. The Hall–Kier alpha value is -2.47. The molecule has 1 heterocycles. The molecule has 2 aromatic carbocycles. The van der Waals surface area contributed by atoms with Crippen LogP contribution in [0, 0.1) is 5.92 Å². The van der Waals surface area contributed by atoms with Crippen LogP contribution in [-0.4, -0.2) is 43.7 Å². The van der Waals surface area contributed by atoms with E-state index in [1.54, 1.807) is 35.7 Å². The average Bonchev–Trinajstić information content (AvgIpc) is 3.09. The Bertz CT molecular complexity index is 822. The first-order valence-corrected chi connectivity index (χ1v) is 10.1. The van der Waals surface area contributed by atoms with Gasteiger partial charge in [-0.1, -0.05) is 24.3 Å². The van der Waals surface area contributed by atoms with Gasteiger partial charge in [-0.3, -0.25) is 9.59 Å². The van der Waals surface area contributed by atoms with E-state index in [0.717, 1.165) is 11.3 Å². The molecule has 0 saturated carbocycles. The molecule has 6 heteroatoms. The number of rotatable bonds is 6. The van der Waals surface area contributed by atoms with Crippen molar-refractivity contribution < 1.29 is 14.3 Å². The van der Waals surface area contributed by atoms with Gasteiger partial charge in [0.15, 0.2) is 0 Å². The highest BCUT2D eigenvalue weighted by atomic mass is 32.2. The Morgan fingerprint density at radius 3 is 2.59 bits per heavy atom. The number of thioether (sulfide) groups is 1. The van der Waals surface area contributed by atoms with E-state index >= 15 is 0 Å². The van der Waals surface area contributed by atoms with Gasteiger partial charge < -0.3 is 14.5 Å². The molecule has 0 aliphatic carbocycles. The monoisotopic (exact) mass is 384 g/mol. The van der Waals surface area contributed by atoms with E-state index in [9.17, 15) is 9.59 Å². The van der Waals surface area contributed by atoms with Crippen molar-refractivity contribution in [3.05, 3.63) is 54.1 Å². The lowest BCUT2D eigenvalue weighted by molar-refractivity contribution is -0.135. The van der Waals surface area contributed by atoms with E-state index in [-0.39, 0.29) is 24.2 Å². The standard InChI is InChI=1S/C21H24N2O3S/c1-22(13-15-8-10-17(27-3)11-9-15)21(25)16-12-20(24)23(14-16)18-6-4-5-7-19(18)26-2/h4-11,16H,12-14H2,1-3H3. The Morgan fingerprint density at radius 2 is 1.93 bits per heavy atom. The molecule has 0 radical (unpaired) electrons. The van der Waals surface area contributed by atoms with Crippen LogP contribution >= 0.6 is 11.8 Å². The third kappa shape index (κ3) is 4.27. The first kappa shape index (κ1) is 19.3. The predicted octanol–water partition coefficient (Wildman–Crippen LogP) is 3.43. The van der Waals surface area contributed by atoms with Gasteiger partial charge in [0.05, 0.1) is 18.7 Å². The SMILES string of the molecule is COc1ccccc1N1CC(C(=O)N(C)Cc2ccc(SC)cc2)CC1=O. The minimum absolute atomic E-state index is 0.00492. The van der Waals surface area contributed by atoms with E-state index in [2.05, 4.69) is 12.1 Å². The van der Waals surface area contributed by atoms with Crippen molar-refractivity contribution in [3.63, 3.8) is 0 Å². The second-order valence-corrected chi connectivity index (χ2v) is 7.50. The summed E-state index contributed by atoms with van der Waals surface area (Å²) < 4.78 is 5.36. The summed E-state index contributed by atoms with van der Waals surface area (Å²) in [5.74, 6) is 0.254. The fraction of sp³-hybridized carbons (Fsp3) is 0.333. The number of anilines is 1. The fourth-order valence-corrected chi connectivity index (χ4v) is 3.76. The summed E-state index contributed by atoms with van der Waals surface area (Å²) in [6, 6.07) is 15.6. The van der Waals surface area contributed by atoms with Gasteiger partial charge in [0.25, 0.3) is 0 Å². The molecule has 0 spiro atoms. The van der Waals surface area contributed by atoms with Gasteiger partial charge in [-0.05, 0) is 36.1 Å². The van der Waals surface area contributed by atoms with Crippen LogP contribution in [-0.2, 0) is 16.1 Å².